The van der Waals surface area contributed by atoms with Crippen molar-refractivity contribution in [1.29, 1.82) is 0 Å². The molecule has 0 unspecified atom stereocenters. The van der Waals surface area contributed by atoms with Crippen LogP contribution < -0.4 is 10.6 Å². The zero-order valence-corrected chi connectivity index (χ0v) is 16.8. The Morgan fingerprint density at radius 2 is 1.82 bits per heavy atom. The lowest BCUT2D eigenvalue weighted by molar-refractivity contribution is -0.384. The molecule has 0 aliphatic heterocycles. The first-order valence-electron chi connectivity index (χ1n) is 8.57. The van der Waals surface area contributed by atoms with Crippen molar-refractivity contribution < 1.29 is 9.34 Å². The molecule has 148 valence electrons. The number of furan rings is 1. The molecule has 0 aliphatic rings. The molecular weight excluding hydrogens is 401 g/mol. The third-order valence-corrected chi connectivity index (χ3v) is 4.53. The summed E-state index contributed by atoms with van der Waals surface area (Å²) < 4.78 is 5.86. The van der Waals surface area contributed by atoms with Crippen LogP contribution in [0, 0.1) is 17.0 Å². The Kier molecular flexibility index (Phi) is 7.87. The van der Waals surface area contributed by atoms with Gasteiger partial charge in [-0.25, -0.2) is 0 Å². The monoisotopic (exact) mass is 421 g/mol. The molecule has 0 radical (unpaired) electrons. The number of non-ortho nitro benzene ring substituents is 1. The molecule has 0 spiro atoms. The minimum absolute atomic E-state index is 0. The van der Waals surface area contributed by atoms with E-state index in [2.05, 4.69) is 10.6 Å². The molecule has 0 bridgehead atoms. The Balaban J connectivity index is 0.00000280. The second kappa shape index (κ2) is 10.1. The largest absolute Gasteiger partial charge is 0.460 e. The quantitative estimate of drug-likeness (QED) is 0.287. The van der Waals surface area contributed by atoms with Crippen molar-refractivity contribution in [1.82, 2.24) is 5.32 Å². The van der Waals surface area contributed by atoms with Gasteiger partial charge in [-0.1, -0.05) is 23.7 Å². The van der Waals surface area contributed by atoms with Gasteiger partial charge in [0.05, 0.1) is 11.5 Å². The van der Waals surface area contributed by atoms with E-state index in [0.29, 0.717) is 13.1 Å². The molecule has 1 aromatic heterocycles. The van der Waals surface area contributed by atoms with Gasteiger partial charge < -0.3 is 15.1 Å². The highest BCUT2D eigenvalue weighted by Gasteiger charge is 2.07. The Labute approximate surface area is 174 Å². The molecule has 0 saturated heterocycles. The summed E-state index contributed by atoms with van der Waals surface area (Å²) in [6.45, 7) is 4.00. The maximum Gasteiger partial charge on any atom is 0.269 e. The van der Waals surface area contributed by atoms with E-state index >= 15 is 0 Å². The highest BCUT2D eigenvalue weighted by atomic mass is 35.5. The van der Waals surface area contributed by atoms with Crippen molar-refractivity contribution >= 4 is 35.4 Å². The number of hydrogen-bond donors (Lipinski definition) is 2. The summed E-state index contributed by atoms with van der Waals surface area (Å²) in [7, 11) is 0. The second-order valence-corrected chi connectivity index (χ2v) is 6.54. The third-order valence-electron chi connectivity index (χ3n) is 4.13. The molecule has 2 aromatic carbocycles. The Morgan fingerprint density at radius 3 is 2.50 bits per heavy atom. The van der Waals surface area contributed by atoms with Gasteiger partial charge in [0.15, 0.2) is 0 Å². The first-order chi connectivity index (χ1) is 13.0. The van der Waals surface area contributed by atoms with Crippen molar-refractivity contribution in [2.24, 2.45) is 0 Å². The van der Waals surface area contributed by atoms with Crippen LogP contribution in [0.3, 0.4) is 0 Å². The SMILES string of the molecule is Cc1ccc(-c2ccc(CNCCNc3ccc([N+](=O)[O-])cc3)o2)cc1Cl.Cl. The van der Waals surface area contributed by atoms with Crippen molar-refractivity contribution in [3.05, 3.63) is 81.1 Å². The van der Waals surface area contributed by atoms with E-state index in [1.165, 1.54) is 12.1 Å². The minimum Gasteiger partial charge on any atom is -0.460 e. The lowest BCUT2D eigenvalue weighted by atomic mass is 10.1. The van der Waals surface area contributed by atoms with Crippen LogP contribution in [0.25, 0.3) is 11.3 Å². The summed E-state index contributed by atoms with van der Waals surface area (Å²) >= 11 is 6.17. The Hall–Kier alpha value is -2.54. The molecule has 0 saturated carbocycles. The summed E-state index contributed by atoms with van der Waals surface area (Å²) in [5, 5.41) is 17.9. The highest BCUT2D eigenvalue weighted by Crippen LogP contribution is 2.26. The number of nitrogens with zero attached hydrogens (tertiary/aromatic N) is 1. The van der Waals surface area contributed by atoms with Crippen LogP contribution in [0.4, 0.5) is 11.4 Å². The zero-order valence-electron chi connectivity index (χ0n) is 15.3. The molecule has 1 heterocycles. The first-order valence-corrected chi connectivity index (χ1v) is 8.95. The lowest BCUT2D eigenvalue weighted by Gasteiger charge is -2.07. The molecule has 6 nitrogen and oxygen atoms in total. The molecule has 3 aromatic rings. The first kappa shape index (κ1) is 21.8. The van der Waals surface area contributed by atoms with Gasteiger partial charge >= 0.3 is 0 Å². The smallest absolute Gasteiger partial charge is 0.269 e. The number of benzene rings is 2. The summed E-state index contributed by atoms with van der Waals surface area (Å²) in [6, 6.07) is 16.1. The van der Waals surface area contributed by atoms with Crippen molar-refractivity contribution in [3.63, 3.8) is 0 Å². The lowest BCUT2D eigenvalue weighted by Crippen LogP contribution is -2.21. The van der Waals surface area contributed by atoms with E-state index in [1.54, 1.807) is 12.1 Å². The topological polar surface area (TPSA) is 80.3 Å². The highest BCUT2D eigenvalue weighted by molar-refractivity contribution is 6.31. The molecule has 0 amide bonds. The second-order valence-electron chi connectivity index (χ2n) is 6.14. The minimum atomic E-state index is -0.409. The molecule has 28 heavy (non-hydrogen) atoms. The van der Waals surface area contributed by atoms with Crippen LogP contribution in [0.2, 0.25) is 5.02 Å². The van der Waals surface area contributed by atoms with E-state index < -0.39 is 4.92 Å². The fraction of sp³-hybridized carbons (Fsp3) is 0.200. The summed E-state index contributed by atoms with van der Waals surface area (Å²) in [4.78, 5) is 10.2. The summed E-state index contributed by atoms with van der Waals surface area (Å²) in [6.07, 6.45) is 0. The van der Waals surface area contributed by atoms with Crippen LogP contribution >= 0.6 is 24.0 Å². The number of nitro groups is 1. The van der Waals surface area contributed by atoms with Crippen LogP contribution in [0.5, 0.6) is 0 Å². The number of halogens is 2. The maximum atomic E-state index is 10.6. The van der Waals surface area contributed by atoms with Crippen molar-refractivity contribution in [3.8, 4) is 11.3 Å². The van der Waals surface area contributed by atoms with Gasteiger partial charge in [0.25, 0.3) is 5.69 Å². The fourth-order valence-electron chi connectivity index (χ4n) is 2.58. The van der Waals surface area contributed by atoms with Crippen LogP contribution in [0.15, 0.2) is 59.0 Å². The van der Waals surface area contributed by atoms with E-state index in [0.717, 1.165) is 39.9 Å². The predicted octanol–water partition coefficient (Wildman–Crippen LogP) is 5.44. The van der Waals surface area contributed by atoms with Gasteiger partial charge in [-0.2, -0.15) is 0 Å². The number of nitro benzene ring substituents is 1. The van der Waals surface area contributed by atoms with Gasteiger partial charge in [0.1, 0.15) is 11.5 Å². The predicted molar refractivity (Wildman–Crippen MR) is 114 cm³/mol. The third kappa shape index (κ3) is 5.73. The van der Waals surface area contributed by atoms with Gasteiger partial charge in [-0.15, -0.1) is 12.4 Å². The average molecular weight is 422 g/mol. The zero-order chi connectivity index (χ0) is 19.2. The summed E-state index contributed by atoms with van der Waals surface area (Å²) in [5.41, 5.74) is 2.92. The van der Waals surface area contributed by atoms with E-state index in [1.807, 2.05) is 37.3 Å². The number of nitrogens with one attached hydrogen (secondary N) is 2. The number of aryl methyl sites for hydroxylation is 1. The van der Waals surface area contributed by atoms with Crippen molar-refractivity contribution in [2.75, 3.05) is 18.4 Å². The fourth-order valence-corrected chi connectivity index (χ4v) is 2.76. The van der Waals surface area contributed by atoms with Crippen molar-refractivity contribution in [2.45, 2.75) is 13.5 Å². The number of hydrogen-bond acceptors (Lipinski definition) is 5. The van der Waals surface area contributed by atoms with Gasteiger partial charge in [0, 0.05) is 41.5 Å². The standard InChI is InChI=1S/C20H20ClN3O3.ClH/c1-14-2-3-15(12-19(14)21)20-9-8-18(27-20)13-22-10-11-23-16-4-6-17(7-5-16)24(25)26;/h2-9,12,22-23H,10-11,13H2,1H3;1H. The Bertz CT molecular complexity index is 927. The Morgan fingerprint density at radius 1 is 1.07 bits per heavy atom. The summed E-state index contributed by atoms with van der Waals surface area (Å²) in [5.74, 6) is 1.63. The normalized spacial score (nSPS) is 10.4. The number of rotatable bonds is 8. The van der Waals surface area contributed by atoms with Crippen LogP contribution in [-0.2, 0) is 6.54 Å². The molecule has 0 atom stereocenters. The average Bonchev–Trinajstić information content (AvgIpc) is 3.13. The van der Waals surface area contributed by atoms with Crippen LogP contribution in [0.1, 0.15) is 11.3 Å². The van der Waals surface area contributed by atoms with Gasteiger partial charge in [0.2, 0.25) is 0 Å². The van der Waals surface area contributed by atoms with E-state index in [4.69, 9.17) is 16.0 Å². The molecule has 8 heteroatoms. The maximum absolute atomic E-state index is 10.6. The molecule has 2 N–H and O–H groups in total. The van der Waals surface area contributed by atoms with Crippen LogP contribution in [-0.4, -0.2) is 18.0 Å². The van der Waals surface area contributed by atoms with Gasteiger partial charge in [-0.05, 0) is 42.8 Å². The van der Waals surface area contributed by atoms with E-state index in [-0.39, 0.29) is 18.1 Å². The molecular formula is C20H21Cl2N3O3. The van der Waals surface area contributed by atoms with E-state index in [9.17, 15) is 10.1 Å². The number of anilines is 1. The van der Waals surface area contributed by atoms with Gasteiger partial charge in [-0.3, -0.25) is 10.1 Å². The molecule has 0 fully saturated rings. The molecule has 0 aliphatic carbocycles. The molecule has 3 rings (SSSR count).